The van der Waals surface area contributed by atoms with Crippen LogP contribution in [0.5, 0.6) is 0 Å². The van der Waals surface area contributed by atoms with Gasteiger partial charge in [0, 0.05) is 31.2 Å². The van der Waals surface area contributed by atoms with Crippen LogP contribution in [-0.2, 0) is 21.2 Å². The van der Waals surface area contributed by atoms with Crippen molar-refractivity contribution in [2.24, 2.45) is 0 Å². The Morgan fingerprint density at radius 2 is 1.83 bits per heavy atom. The zero-order chi connectivity index (χ0) is 21.2. The molecule has 0 aliphatic rings. The molecule has 3 aromatic rings. The maximum Gasteiger partial charge on any atom is 0.271 e. The summed E-state index contributed by atoms with van der Waals surface area (Å²) in [6.07, 6.45) is 1.78. The minimum absolute atomic E-state index is 0.0487. The van der Waals surface area contributed by atoms with E-state index < -0.39 is 21.8 Å². The van der Waals surface area contributed by atoms with Gasteiger partial charge >= 0.3 is 0 Å². The third kappa shape index (κ3) is 4.42. The van der Waals surface area contributed by atoms with Crippen LogP contribution < -0.4 is 10.9 Å². The summed E-state index contributed by atoms with van der Waals surface area (Å²) >= 11 is 6.03. The molecule has 29 heavy (non-hydrogen) atoms. The van der Waals surface area contributed by atoms with Crippen molar-refractivity contribution in [3.05, 3.63) is 64.8 Å². The molecule has 1 heterocycles. The predicted octanol–water partition coefficient (Wildman–Crippen LogP) is 2.08. The molecule has 0 spiro atoms. The van der Waals surface area contributed by atoms with E-state index in [2.05, 4.69) is 15.8 Å². The number of carbonyl (C=O) groups excluding carboxylic acids is 2. The molecule has 0 unspecified atom stereocenters. The van der Waals surface area contributed by atoms with Crippen molar-refractivity contribution in [3.8, 4) is 0 Å². The molecular weight excluding hydrogens is 416 g/mol. The van der Waals surface area contributed by atoms with E-state index in [-0.39, 0.29) is 21.9 Å². The number of nitrogens with zero attached hydrogens (tertiary/aromatic N) is 1. The van der Waals surface area contributed by atoms with Gasteiger partial charge in [-0.1, -0.05) is 29.8 Å². The van der Waals surface area contributed by atoms with Gasteiger partial charge in [0.1, 0.15) is 0 Å². The molecule has 2 amide bonds. The summed E-state index contributed by atoms with van der Waals surface area (Å²) in [6, 6.07) is 11.3. The van der Waals surface area contributed by atoms with Crippen LogP contribution in [0.1, 0.15) is 15.9 Å². The molecule has 0 aliphatic carbocycles. The molecule has 0 saturated heterocycles. The van der Waals surface area contributed by atoms with Crippen LogP contribution in [0.2, 0.25) is 5.02 Å². The van der Waals surface area contributed by atoms with Gasteiger partial charge in [-0.2, -0.15) is 0 Å². The lowest BCUT2D eigenvalue weighted by atomic mass is 10.1. The molecule has 3 N–H and O–H groups in total. The van der Waals surface area contributed by atoms with Crippen molar-refractivity contribution < 1.29 is 18.0 Å². The monoisotopic (exact) mass is 434 g/mol. The highest BCUT2D eigenvalue weighted by molar-refractivity contribution is 7.89. The second-order valence-corrected chi connectivity index (χ2v) is 9.03. The number of para-hydroxylation sites is 1. The second-order valence-electron chi connectivity index (χ2n) is 6.47. The van der Waals surface area contributed by atoms with E-state index in [4.69, 9.17) is 11.6 Å². The number of nitrogens with one attached hydrogen (secondary N) is 3. The van der Waals surface area contributed by atoms with Gasteiger partial charge < -0.3 is 4.98 Å². The van der Waals surface area contributed by atoms with Crippen LogP contribution in [0.3, 0.4) is 0 Å². The predicted molar refractivity (Wildman–Crippen MR) is 110 cm³/mol. The first-order chi connectivity index (χ1) is 13.7. The molecule has 0 saturated carbocycles. The SMILES string of the molecule is CN(C)S(=O)(=O)c1ccc(Cl)c(C(=O)NNC(=O)Cc2c[nH]c3ccccc23)c1. The van der Waals surface area contributed by atoms with Crippen LogP contribution in [-0.4, -0.2) is 43.6 Å². The number of aromatic amines is 1. The van der Waals surface area contributed by atoms with Gasteiger partial charge in [-0.15, -0.1) is 0 Å². The molecule has 10 heteroatoms. The molecule has 0 aliphatic heterocycles. The molecule has 152 valence electrons. The molecule has 0 atom stereocenters. The molecule has 3 rings (SSSR count). The number of aromatic nitrogens is 1. The number of rotatable bonds is 5. The van der Waals surface area contributed by atoms with Crippen molar-refractivity contribution in [1.82, 2.24) is 20.1 Å². The number of fused-ring (bicyclic) bond motifs is 1. The van der Waals surface area contributed by atoms with E-state index in [0.717, 1.165) is 20.8 Å². The smallest absolute Gasteiger partial charge is 0.271 e. The van der Waals surface area contributed by atoms with E-state index in [0.29, 0.717) is 0 Å². The first-order valence-electron chi connectivity index (χ1n) is 8.56. The van der Waals surface area contributed by atoms with E-state index in [1.54, 1.807) is 6.20 Å². The number of sulfonamides is 1. The molecule has 0 radical (unpaired) electrons. The lowest BCUT2D eigenvalue weighted by Gasteiger charge is -2.13. The third-order valence-corrected chi connectivity index (χ3v) is 6.44. The lowest BCUT2D eigenvalue weighted by molar-refractivity contribution is -0.121. The molecular formula is C19H19ClN4O4S. The van der Waals surface area contributed by atoms with Gasteiger partial charge in [0.15, 0.2) is 0 Å². The molecule has 1 aromatic heterocycles. The van der Waals surface area contributed by atoms with Crippen LogP contribution in [0.4, 0.5) is 0 Å². The Morgan fingerprint density at radius 3 is 2.55 bits per heavy atom. The summed E-state index contributed by atoms with van der Waals surface area (Å²) in [4.78, 5) is 27.6. The Balaban J connectivity index is 1.70. The fourth-order valence-electron chi connectivity index (χ4n) is 2.74. The number of H-pyrrole nitrogens is 1. The summed E-state index contributed by atoms with van der Waals surface area (Å²) < 4.78 is 25.5. The maximum absolute atomic E-state index is 12.4. The first kappa shape index (κ1) is 20.8. The fraction of sp³-hybridized carbons (Fsp3) is 0.158. The zero-order valence-corrected chi connectivity index (χ0v) is 17.3. The van der Waals surface area contributed by atoms with Crippen molar-refractivity contribution in [1.29, 1.82) is 0 Å². The van der Waals surface area contributed by atoms with E-state index in [1.165, 1.54) is 32.3 Å². The summed E-state index contributed by atoms with van der Waals surface area (Å²) in [5, 5.41) is 0.977. The largest absolute Gasteiger partial charge is 0.361 e. The molecule has 8 nitrogen and oxygen atoms in total. The van der Waals surface area contributed by atoms with Crippen molar-refractivity contribution in [2.45, 2.75) is 11.3 Å². The van der Waals surface area contributed by atoms with Crippen LogP contribution in [0, 0.1) is 0 Å². The van der Waals surface area contributed by atoms with Gasteiger partial charge in [-0.3, -0.25) is 20.4 Å². The highest BCUT2D eigenvalue weighted by Gasteiger charge is 2.21. The van der Waals surface area contributed by atoms with Gasteiger partial charge in [-0.25, -0.2) is 12.7 Å². The number of hydrazine groups is 1. The summed E-state index contributed by atoms with van der Waals surface area (Å²) in [5.41, 5.74) is 6.21. The Labute approximate surface area is 172 Å². The first-order valence-corrected chi connectivity index (χ1v) is 10.4. The standard InChI is InChI=1S/C19H19ClN4O4S/c1-24(2)29(27,28)13-7-8-16(20)15(10-13)19(26)23-22-18(25)9-12-11-21-17-6-4-3-5-14(12)17/h3-8,10-11,21H,9H2,1-2H3,(H,22,25)(H,23,26). The lowest BCUT2D eigenvalue weighted by Crippen LogP contribution is -2.42. The van der Waals surface area contributed by atoms with Crippen LogP contribution in [0.15, 0.2) is 53.6 Å². The van der Waals surface area contributed by atoms with Gasteiger partial charge in [0.2, 0.25) is 15.9 Å². The van der Waals surface area contributed by atoms with Crippen LogP contribution in [0.25, 0.3) is 10.9 Å². The van der Waals surface area contributed by atoms with Gasteiger partial charge in [0.05, 0.1) is 21.9 Å². The minimum Gasteiger partial charge on any atom is -0.361 e. The average molecular weight is 435 g/mol. The quantitative estimate of drug-likeness (QED) is 0.534. The fourth-order valence-corrected chi connectivity index (χ4v) is 3.87. The topological polar surface area (TPSA) is 111 Å². The average Bonchev–Trinajstić information content (AvgIpc) is 3.09. The number of carbonyl (C=O) groups is 2. The Morgan fingerprint density at radius 1 is 1.10 bits per heavy atom. The maximum atomic E-state index is 12.4. The Bertz CT molecular complexity index is 1190. The van der Waals surface area contributed by atoms with Crippen LogP contribution >= 0.6 is 11.6 Å². The van der Waals surface area contributed by atoms with E-state index >= 15 is 0 Å². The number of halogens is 1. The zero-order valence-electron chi connectivity index (χ0n) is 15.7. The second kappa shape index (κ2) is 8.24. The third-order valence-electron chi connectivity index (χ3n) is 4.30. The van der Waals surface area contributed by atoms with Crippen molar-refractivity contribution >= 4 is 44.3 Å². The van der Waals surface area contributed by atoms with Gasteiger partial charge in [-0.05, 0) is 29.8 Å². The Hall–Kier alpha value is -2.88. The van der Waals surface area contributed by atoms with Crippen molar-refractivity contribution in [3.63, 3.8) is 0 Å². The number of amides is 2. The molecule has 0 bridgehead atoms. The normalized spacial score (nSPS) is 11.6. The number of hydrogen-bond acceptors (Lipinski definition) is 4. The van der Waals surface area contributed by atoms with Crippen molar-refractivity contribution in [2.75, 3.05) is 14.1 Å². The molecule has 0 fully saturated rings. The summed E-state index contributed by atoms with van der Waals surface area (Å²) in [6.45, 7) is 0. The summed E-state index contributed by atoms with van der Waals surface area (Å²) in [5.74, 6) is -1.16. The van der Waals surface area contributed by atoms with E-state index in [1.807, 2.05) is 24.3 Å². The highest BCUT2D eigenvalue weighted by atomic mass is 35.5. The van der Waals surface area contributed by atoms with Gasteiger partial charge in [0.25, 0.3) is 5.91 Å². The molecule has 2 aromatic carbocycles. The highest BCUT2D eigenvalue weighted by Crippen LogP contribution is 2.22. The Kier molecular flexibility index (Phi) is 5.92. The summed E-state index contributed by atoms with van der Waals surface area (Å²) in [7, 11) is -0.965. The number of benzene rings is 2. The minimum atomic E-state index is -3.73. The number of hydrogen-bond donors (Lipinski definition) is 3. The van der Waals surface area contributed by atoms with E-state index in [9.17, 15) is 18.0 Å².